The van der Waals surface area contributed by atoms with E-state index >= 15 is 0 Å². The van der Waals surface area contributed by atoms with Crippen molar-refractivity contribution in [2.75, 3.05) is 40.4 Å². The summed E-state index contributed by atoms with van der Waals surface area (Å²) in [7, 11) is 4.17. The summed E-state index contributed by atoms with van der Waals surface area (Å²) in [5.41, 5.74) is 5.29. The fraction of sp³-hybridized carbons (Fsp3) is 0.630. The predicted octanol–water partition coefficient (Wildman–Crippen LogP) is 5.27. The highest BCUT2D eigenvalue weighted by atomic mass is 16.6. The Morgan fingerprint density at radius 3 is 2.65 bits per heavy atom. The fourth-order valence-electron chi connectivity index (χ4n) is 4.91. The summed E-state index contributed by atoms with van der Waals surface area (Å²) in [5.74, 6) is 0.582. The fourth-order valence-corrected chi connectivity index (χ4v) is 4.91. The van der Waals surface area contributed by atoms with Crippen LogP contribution in [0, 0.1) is 5.92 Å². The summed E-state index contributed by atoms with van der Waals surface area (Å²) in [5, 5.41) is 5.62. The number of hydrogen-bond donors (Lipinski definition) is 0. The number of nitrogens with zero attached hydrogens (tertiary/aromatic N) is 3. The molecule has 0 aliphatic carbocycles. The summed E-state index contributed by atoms with van der Waals surface area (Å²) in [6, 6.07) is 4.41. The summed E-state index contributed by atoms with van der Waals surface area (Å²) < 4.78 is 17.0. The maximum atomic E-state index is 12.3. The number of hydrogen-bond acceptors (Lipinski definition) is 6. The van der Waals surface area contributed by atoms with Gasteiger partial charge in [0, 0.05) is 30.6 Å². The highest BCUT2D eigenvalue weighted by Crippen LogP contribution is 2.33. The van der Waals surface area contributed by atoms with Crippen molar-refractivity contribution in [1.82, 2.24) is 15.0 Å². The van der Waals surface area contributed by atoms with E-state index in [4.69, 9.17) is 14.0 Å². The molecule has 7 heteroatoms. The molecule has 2 aliphatic heterocycles. The molecule has 4 rings (SSSR count). The normalized spacial score (nSPS) is 17.9. The Balaban J connectivity index is 1.42. The lowest BCUT2D eigenvalue weighted by molar-refractivity contribution is 0.0181. The SMILES string of the molecule is CN(C)Cc1c(C2=CCOCC2)ccc2c(CCC3CCN(C(=O)OC(C)(C)C)CC3)noc12. The molecule has 0 atom stereocenters. The van der Waals surface area contributed by atoms with E-state index in [-0.39, 0.29) is 6.09 Å². The number of rotatable bonds is 6. The number of likely N-dealkylation sites (tertiary alicyclic amines) is 1. The summed E-state index contributed by atoms with van der Waals surface area (Å²) in [6.07, 6.45) is 6.86. The van der Waals surface area contributed by atoms with Crippen molar-refractivity contribution >= 4 is 22.6 Å². The van der Waals surface area contributed by atoms with Crippen molar-refractivity contribution in [2.24, 2.45) is 5.92 Å². The third-order valence-corrected chi connectivity index (χ3v) is 6.66. The first-order valence-electron chi connectivity index (χ1n) is 12.5. The molecule has 7 nitrogen and oxygen atoms in total. The molecular formula is C27H39N3O4. The van der Waals surface area contributed by atoms with Gasteiger partial charge in [0.2, 0.25) is 0 Å². The molecule has 1 aromatic carbocycles. The molecule has 3 heterocycles. The zero-order chi connectivity index (χ0) is 24.3. The number of carbonyl (C=O) groups is 1. The molecule has 2 aliphatic rings. The molecule has 0 unspecified atom stereocenters. The molecule has 1 amide bonds. The van der Waals surface area contributed by atoms with Gasteiger partial charge in [-0.15, -0.1) is 0 Å². The van der Waals surface area contributed by atoms with Gasteiger partial charge in [0.15, 0.2) is 5.58 Å². The molecule has 0 spiro atoms. The topological polar surface area (TPSA) is 68.0 Å². The van der Waals surface area contributed by atoms with Gasteiger partial charge in [-0.3, -0.25) is 0 Å². The van der Waals surface area contributed by atoms with Gasteiger partial charge >= 0.3 is 6.09 Å². The maximum absolute atomic E-state index is 12.3. The van der Waals surface area contributed by atoms with E-state index < -0.39 is 5.60 Å². The van der Waals surface area contributed by atoms with Crippen molar-refractivity contribution < 1.29 is 18.8 Å². The van der Waals surface area contributed by atoms with E-state index in [1.165, 1.54) is 16.7 Å². The quantitative estimate of drug-likeness (QED) is 0.574. The van der Waals surface area contributed by atoms with Crippen LogP contribution in [-0.2, 0) is 22.4 Å². The van der Waals surface area contributed by atoms with E-state index in [0.29, 0.717) is 12.5 Å². The number of carbonyl (C=O) groups excluding carboxylic acids is 1. The minimum absolute atomic E-state index is 0.197. The molecule has 2 aromatic rings. The van der Waals surface area contributed by atoms with Crippen molar-refractivity contribution in [3.8, 4) is 0 Å². The van der Waals surface area contributed by atoms with Crippen LogP contribution in [0.15, 0.2) is 22.7 Å². The highest BCUT2D eigenvalue weighted by molar-refractivity contribution is 5.88. The number of aromatic nitrogens is 1. The minimum Gasteiger partial charge on any atom is -0.444 e. The number of aryl methyl sites for hydroxylation is 1. The Bertz CT molecular complexity index is 1030. The molecule has 1 saturated heterocycles. The second-order valence-electron chi connectivity index (χ2n) is 10.8. The zero-order valence-electron chi connectivity index (χ0n) is 21.4. The molecular weight excluding hydrogens is 430 g/mol. The van der Waals surface area contributed by atoms with Crippen LogP contribution in [0.4, 0.5) is 4.79 Å². The second kappa shape index (κ2) is 10.5. The Morgan fingerprint density at radius 2 is 2.00 bits per heavy atom. The van der Waals surface area contributed by atoms with E-state index in [2.05, 4.69) is 42.4 Å². The van der Waals surface area contributed by atoms with Crippen LogP contribution in [0.5, 0.6) is 0 Å². The first kappa shape index (κ1) is 24.7. The monoisotopic (exact) mass is 469 g/mol. The smallest absolute Gasteiger partial charge is 0.410 e. The number of fused-ring (bicyclic) bond motifs is 1. The van der Waals surface area contributed by atoms with E-state index in [9.17, 15) is 4.79 Å². The van der Waals surface area contributed by atoms with Gasteiger partial charge in [-0.1, -0.05) is 17.3 Å². The molecule has 0 saturated carbocycles. The Hall–Kier alpha value is -2.38. The maximum Gasteiger partial charge on any atom is 0.410 e. The van der Waals surface area contributed by atoms with Crippen molar-refractivity contribution in [3.63, 3.8) is 0 Å². The third kappa shape index (κ3) is 5.99. The van der Waals surface area contributed by atoms with Gasteiger partial charge in [0.05, 0.1) is 18.9 Å². The lowest BCUT2D eigenvalue weighted by Gasteiger charge is -2.33. The van der Waals surface area contributed by atoms with Gasteiger partial charge < -0.3 is 23.8 Å². The van der Waals surface area contributed by atoms with Crippen LogP contribution in [-0.4, -0.2) is 67.0 Å². The Labute approximate surface area is 203 Å². The van der Waals surface area contributed by atoms with Crippen LogP contribution < -0.4 is 0 Å². The van der Waals surface area contributed by atoms with Crippen LogP contribution in [0.2, 0.25) is 0 Å². The predicted molar refractivity (Wildman–Crippen MR) is 134 cm³/mol. The molecule has 0 radical (unpaired) electrons. The summed E-state index contributed by atoms with van der Waals surface area (Å²) in [6.45, 7) is 9.49. The molecule has 0 bridgehead atoms. The van der Waals surface area contributed by atoms with E-state index in [0.717, 1.165) is 75.0 Å². The number of piperidine rings is 1. The minimum atomic E-state index is -0.450. The van der Waals surface area contributed by atoms with Gasteiger partial charge in [-0.2, -0.15) is 0 Å². The van der Waals surface area contributed by atoms with Crippen LogP contribution in [0.1, 0.15) is 63.3 Å². The van der Waals surface area contributed by atoms with E-state index in [1.807, 2.05) is 25.7 Å². The first-order chi connectivity index (χ1) is 16.2. The Morgan fingerprint density at radius 1 is 1.24 bits per heavy atom. The first-order valence-corrected chi connectivity index (χ1v) is 12.5. The molecule has 1 aromatic heterocycles. The number of benzene rings is 1. The second-order valence-corrected chi connectivity index (χ2v) is 10.8. The number of amides is 1. The standard InChI is InChI=1S/C27H39N3O4/c1-27(2,3)33-26(31)30-14-10-19(11-15-30)6-9-24-22-8-7-21(20-12-16-32-17-13-20)23(18-29(4)5)25(22)34-28-24/h7-8,12,19H,6,9-11,13-18H2,1-5H3. The number of ether oxygens (including phenoxy) is 2. The summed E-state index contributed by atoms with van der Waals surface area (Å²) in [4.78, 5) is 16.3. The van der Waals surface area contributed by atoms with Crippen LogP contribution in [0.3, 0.4) is 0 Å². The van der Waals surface area contributed by atoms with Crippen LogP contribution in [0.25, 0.3) is 16.5 Å². The largest absolute Gasteiger partial charge is 0.444 e. The average molecular weight is 470 g/mol. The van der Waals surface area contributed by atoms with Crippen molar-refractivity contribution in [3.05, 3.63) is 35.0 Å². The van der Waals surface area contributed by atoms with Crippen molar-refractivity contribution in [1.29, 1.82) is 0 Å². The van der Waals surface area contributed by atoms with Gasteiger partial charge in [-0.25, -0.2) is 4.79 Å². The van der Waals surface area contributed by atoms with Gasteiger partial charge in [0.25, 0.3) is 0 Å². The van der Waals surface area contributed by atoms with Crippen LogP contribution >= 0.6 is 0 Å². The average Bonchev–Trinajstić information content (AvgIpc) is 3.21. The van der Waals surface area contributed by atoms with Gasteiger partial charge in [0.1, 0.15) is 5.60 Å². The molecule has 34 heavy (non-hydrogen) atoms. The lowest BCUT2D eigenvalue weighted by atomic mass is 9.90. The van der Waals surface area contributed by atoms with E-state index in [1.54, 1.807) is 0 Å². The molecule has 1 fully saturated rings. The molecule has 0 N–H and O–H groups in total. The lowest BCUT2D eigenvalue weighted by Crippen LogP contribution is -2.41. The van der Waals surface area contributed by atoms with Crippen molar-refractivity contribution in [2.45, 2.75) is 65.0 Å². The summed E-state index contributed by atoms with van der Waals surface area (Å²) >= 11 is 0. The Kier molecular flexibility index (Phi) is 7.63. The van der Waals surface area contributed by atoms with Gasteiger partial charge in [-0.05, 0) is 90.1 Å². The zero-order valence-corrected chi connectivity index (χ0v) is 21.4. The third-order valence-electron chi connectivity index (χ3n) is 6.66. The molecule has 186 valence electrons. The highest BCUT2D eigenvalue weighted by Gasteiger charge is 2.27.